The topological polar surface area (TPSA) is 181 Å². The number of pyridine rings is 1. The van der Waals surface area contributed by atoms with Crippen LogP contribution in [0.5, 0.6) is 0 Å². The summed E-state index contributed by atoms with van der Waals surface area (Å²) < 4.78 is 0. The number of para-hydroxylation sites is 1. The van der Waals surface area contributed by atoms with Gasteiger partial charge in [-0.25, -0.2) is 9.59 Å². The van der Waals surface area contributed by atoms with Gasteiger partial charge in [-0.1, -0.05) is 120 Å². The van der Waals surface area contributed by atoms with Gasteiger partial charge in [0, 0.05) is 50.2 Å². The number of urea groups is 1. The molecule has 5 rings (SSSR count). The summed E-state index contributed by atoms with van der Waals surface area (Å²) in [4.78, 5) is 63.6. The maximum absolute atomic E-state index is 14.6. The number of benzene rings is 3. The summed E-state index contributed by atoms with van der Waals surface area (Å²) in [5.74, 6) is -0.904. The van der Waals surface area contributed by atoms with Crippen LogP contribution in [0, 0.1) is 10.8 Å². The van der Waals surface area contributed by atoms with Crippen LogP contribution in [0.3, 0.4) is 0 Å². The molecule has 5 atom stereocenters. The second-order valence-corrected chi connectivity index (χ2v) is 18.0. The number of hydrogen-bond donors (Lipinski definition) is 5. The molecule has 0 aliphatic carbocycles. The van der Waals surface area contributed by atoms with E-state index in [0.717, 1.165) is 32.8 Å². The Labute approximate surface area is 354 Å². The van der Waals surface area contributed by atoms with Gasteiger partial charge in [0.15, 0.2) is 0 Å². The summed E-state index contributed by atoms with van der Waals surface area (Å²) in [6.07, 6.45) is -0.0954. The van der Waals surface area contributed by atoms with Crippen LogP contribution in [0.1, 0.15) is 64.7 Å². The van der Waals surface area contributed by atoms with Gasteiger partial charge in [0.1, 0.15) is 12.1 Å². The number of nitrogens with two attached hydrogens (primary N) is 1. The van der Waals surface area contributed by atoms with Crippen molar-refractivity contribution in [3.63, 3.8) is 0 Å². The lowest BCUT2D eigenvalue weighted by atomic mass is 9.84. The molecule has 13 nitrogen and oxygen atoms in total. The first-order valence-corrected chi connectivity index (χ1v) is 20.5. The maximum Gasteiger partial charge on any atom is 0.407 e. The minimum absolute atomic E-state index is 0.0221. The van der Waals surface area contributed by atoms with Crippen LogP contribution >= 0.6 is 0 Å². The molecule has 6 N–H and O–H groups in total. The van der Waals surface area contributed by atoms with Crippen molar-refractivity contribution < 1.29 is 29.4 Å². The summed E-state index contributed by atoms with van der Waals surface area (Å²) in [6.45, 7) is 12.2. The van der Waals surface area contributed by atoms with Crippen molar-refractivity contribution in [1.82, 2.24) is 30.3 Å². The van der Waals surface area contributed by atoms with Crippen molar-refractivity contribution in [2.75, 3.05) is 25.9 Å². The molecule has 1 aromatic heterocycles. The lowest BCUT2D eigenvalue weighted by molar-refractivity contribution is -0.131. The number of carbonyl (C=O) groups is 4. The summed E-state index contributed by atoms with van der Waals surface area (Å²) in [6, 6.07) is 26.7. The van der Waals surface area contributed by atoms with Crippen LogP contribution in [0.2, 0.25) is 0 Å². The first-order chi connectivity index (χ1) is 28.3. The maximum atomic E-state index is 14.6. The van der Waals surface area contributed by atoms with E-state index < -0.39 is 59.0 Å². The molecular formula is C47H61N7O6. The molecule has 2 heterocycles. The third-order valence-electron chi connectivity index (χ3n) is 11.0. The molecule has 0 spiro atoms. The minimum Gasteiger partial charge on any atom is -0.465 e. The van der Waals surface area contributed by atoms with E-state index >= 15 is 0 Å². The Balaban J connectivity index is 1.43. The van der Waals surface area contributed by atoms with Gasteiger partial charge in [-0.2, -0.15) is 0 Å². The molecular weight excluding hydrogens is 759 g/mol. The summed E-state index contributed by atoms with van der Waals surface area (Å²) in [5, 5.41) is 28.4. The number of hydrogen-bond acceptors (Lipinski definition) is 7. The molecule has 0 saturated carbocycles. The molecule has 0 radical (unpaired) electrons. The van der Waals surface area contributed by atoms with Crippen LogP contribution in [0.25, 0.3) is 11.3 Å². The average molecular weight is 820 g/mol. The largest absolute Gasteiger partial charge is 0.465 e. The van der Waals surface area contributed by atoms with Crippen LogP contribution in [-0.2, 0) is 29.0 Å². The third kappa shape index (κ3) is 11.6. The number of amides is 5. The fourth-order valence-corrected chi connectivity index (χ4v) is 8.11. The second kappa shape index (κ2) is 19.4. The highest BCUT2D eigenvalue weighted by Gasteiger charge is 2.45. The van der Waals surface area contributed by atoms with Crippen molar-refractivity contribution in [3.05, 3.63) is 120 Å². The number of carboxylic acid groups (broad SMARTS) is 1. The van der Waals surface area contributed by atoms with Gasteiger partial charge in [0.25, 0.3) is 0 Å². The standard InChI is InChI=1S/C47H61N7O6/c1-46(2,3)40(52(7)45(59)60)42(56)50-35(27-32-20-22-33(23-21-32)37-19-13-14-24-49-37)29-39(55)38(28-31-15-9-8-10-16-31)51-43(57)41(47(4,5)6)54-26-25-53(44(54)58)30-34-17-11-12-18-36(34)48/h8-24,35,38-41,55H,25-30,48H2,1-7H3,(H,50,56)(H,51,57)(H,59,60)/t35-,38-,39-,40+,41+/m0/s1. The molecule has 13 heteroatoms. The van der Waals surface area contributed by atoms with Gasteiger partial charge in [-0.3, -0.25) is 19.5 Å². The van der Waals surface area contributed by atoms with Crippen LogP contribution in [0.4, 0.5) is 15.3 Å². The van der Waals surface area contributed by atoms with E-state index in [1.54, 1.807) is 42.8 Å². The highest BCUT2D eigenvalue weighted by atomic mass is 16.4. The van der Waals surface area contributed by atoms with E-state index in [2.05, 4.69) is 15.6 Å². The molecule has 1 aliphatic heterocycles. The van der Waals surface area contributed by atoms with Gasteiger partial charge in [-0.05, 0) is 65.0 Å². The average Bonchev–Trinajstić information content (AvgIpc) is 3.53. The van der Waals surface area contributed by atoms with Gasteiger partial charge >= 0.3 is 12.1 Å². The third-order valence-corrected chi connectivity index (χ3v) is 11.0. The number of likely N-dealkylation sites (N-methyl/N-ethyl adjacent to an activating group) is 1. The Bertz CT molecular complexity index is 2070. The highest BCUT2D eigenvalue weighted by Crippen LogP contribution is 2.30. The normalized spacial score (nSPS) is 15.8. The molecule has 1 fully saturated rings. The van der Waals surface area contributed by atoms with E-state index in [4.69, 9.17) is 5.73 Å². The molecule has 3 aromatic carbocycles. The van der Waals surface area contributed by atoms with E-state index in [0.29, 0.717) is 31.7 Å². The fraction of sp³-hybridized carbons (Fsp3) is 0.426. The van der Waals surface area contributed by atoms with E-state index in [-0.39, 0.29) is 18.9 Å². The predicted molar refractivity (Wildman–Crippen MR) is 234 cm³/mol. The lowest BCUT2D eigenvalue weighted by Crippen LogP contribution is -2.59. The van der Waals surface area contributed by atoms with Crippen molar-refractivity contribution in [3.8, 4) is 11.3 Å². The zero-order valence-corrected chi connectivity index (χ0v) is 35.8. The number of aliphatic hydroxyl groups excluding tert-OH is 1. The Kier molecular flexibility index (Phi) is 14.6. The van der Waals surface area contributed by atoms with E-state index in [1.165, 1.54) is 7.05 Å². The Morgan fingerprint density at radius 2 is 1.43 bits per heavy atom. The van der Waals surface area contributed by atoms with Gasteiger partial charge < -0.3 is 36.4 Å². The predicted octanol–water partition coefficient (Wildman–Crippen LogP) is 6.21. The second-order valence-electron chi connectivity index (χ2n) is 18.0. The summed E-state index contributed by atoms with van der Waals surface area (Å²) >= 11 is 0. The first kappa shape index (κ1) is 45.1. The van der Waals surface area contributed by atoms with Crippen LogP contribution < -0.4 is 16.4 Å². The summed E-state index contributed by atoms with van der Waals surface area (Å²) in [7, 11) is 1.37. The minimum atomic E-state index is -1.24. The number of rotatable bonds is 16. The highest BCUT2D eigenvalue weighted by molar-refractivity contribution is 5.89. The molecule has 1 saturated heterocycles. The Morgan fingerprint density at radius 1 is 0.800 bits per heavy atom. The zero-order valence-electron chi connectivity index (χ0n) is 35.8. The van der Waals surface area contributed by atoms with Gasteiger partial charge in [-0.15, -0.1) is 0 Å². The van der Waals surface area contributed by atoms with Crippen LogP contribution in [0.15, 0.2) is 103 Å². The van der Waals surface area contributed by atoms with Crippen molar-refractivity contribution >= 4 is 29.6 Å². The van der Waals surface area contributed by atoms with Gasteiger partial charge in [0.05, 0.1) is 17.8 Å². The summed E-state index contributed by atoms with van der Waals surface area (Å²) in [5.41, 5.74) is 9.65. The van der Waals surface area contributed by atoms with E-state index in [9.17, 15) is 29.4 Å². The SMILES string of the molecule is CN(C(=O)O)[C@H](C(=O)N[C@@H](Cc1ccc(-c2ccccn2)cc1)C[C@H](O)[C@H](Cc1ccccc1)NC(=O)[C@@H](N1CCN(Cc2ccccc2N)C1=O)C(C)(C)C)C(C)(C)C. The molecule has 1 aliphatic rings. The van der Waals surface area contributed by atoms with Crippen molar-refractivity contribution in [1.29, 1.82) is 0 Å². The first-order valence-electron chi connectivity index (χ1n) is 20.5. The van der Waals surface area contributed by atoms with Gasteiger partial charge in [0.2, 0.25) is 11.8 Å². The number of nitrogen functional groups attached to an aromatic ring is 1. The number of carbonyl (C=O) groups excluding carboxylic acids is 3. The molecule has 4 aromatic rings. The number of anilines is 1. The van der Waals surface area contributed by atoms with Crippen LogP contribution in [-0.4, -0.2) is 104 Å². The molecule has 5 amide bonds. The van der Waals surface area contributed by atoms with E-state index in [1.807, 2.05) is 112 Å². The smallest absolute Gasteiger partial charge is 0.407 e. The quantitative estimate of drug-likeness (QED) is 0.0828. The lowest BCUT2D eigenvalue weighted by Gasteiger charge is -2.38. The fourth-order valence-electron chi connectivity index (χ4n) is 8.11. The Morgan fingerprint density at radius 3 is 2.03 bits per heavy atom. The molecule has 0 unspecified atom stereocenters. The Hall–Kier alpha value is -5.95. The van der Waals surface area contributed by atoms with Crippen molar-refractivity contribution in [2.24, 2.45) is 10.8 Å². The number of nitrogens with one attached hydrogen (secondary N) is 2. The monoisotopic (exact) mass is 819 g/mol. The number of nitrogens with zero attached hydrogens (tertiary/aromatic N) is 4. The molecule has 0 bridgehead atoms. The number of aliphatic hydroxyl groups is 1. The number of aromatic nitrogens is 1. The molecule has 60 heavy (non-hydrogen) atoms. The zero-order chi connectivity index (χ0) is 43.8. The molecule has 320 valence electrons. The van der Waals surface area contributed by atoms with Crippen molar-refractivity contribution in [2.45, 2.75) is 97.6 Å².